The second kappa shape index (κ2) is 3.53. The van der Waals surface area contributed by atoms with Gasteiger partial charge in [-0.2, -0.15) is 0 Å². The Bertz CT molecular complexity index is 225. The van der Waals surface area contributed by atoms with Crippen molar-refractivity contribution in [2.75, 3.05) is 0 Å². The van der Waals surface area contributed by atoms with Crippen LogP contribution in [0.15, 0.2) is 5.38 Å². The third-order valence-corrected chi connectivity index (χ3v) is 1.87. The van der Waals surface area contributed by atoms with Crippen LogP contribution in [0.5, 0.6) is 5.19 Å². The molecule has 0 unspecified atom stereocenters. The maximum atomic E-state index is 9.78. The van der Waals surface area contributed by atoms with E-state index >= 15 is 0 Å². The summed E-state index contributed by atoms with van der Waals surface area (Å²) in [5, 5.41) is 2.08. The van der Waals surface area contributed by atoms with Crippen molar-refractivity contribution in [2.24, 2.45) is 0 Å². The van der Waals surface area contributed by atoms with E-state index in [0.717, 1.165) is 5.69 Å². The Hall–Kier alpha value is -0.610. The van der Waals surface area contributed by atoms with Crippen LogP contribution in [0.4, 0.5) is 0 Å². The van der Waals surface area contributed by atoms with E-state index in [1.165, 1.54) is 11.3 Å². The highest BCUT2D eigenvalue weighted by molar-refractivity contribution is 7.11. The third-order valence-electron chi connectivity index (χ3n) is 0.817. The number of hydrogen-bond acceptors (Lipinski definition) is 4. The van der Waals surface area contributed by atoms with Crippen molar-refractivity contribution < 1.29 is 9.53 Å². The average Bonchev–Trinajstić information content (AvgIpc) is 2.37. The molecule has 1 rings (SSSR count). The van der Waals surface area contributed by atoms with E-state index in [9.17, 15) is 4.79 Å². The van der Waals surface area contributed by atoms with Gasteiger partial charge in [0.1, 0.15) is 0 Å². The smallest absolute Gasteiger partial charge is 0.300 e. The van der Waals surface area contributed by atoms with Crippen LogP contribution in [-0.2, 0) is 10.7 Å². The molecule has 1 heterocycles. The minimum Gasteiger partial charge on any atom is -0.400 e. The van der Waals surface area contributed by atoms with Crippen LogP contribution >= 0.6 is 22.9 Å². The van der Waals surface area contributed by atoms with E-state index < -0.39 is 0 Å². The summed E-state index contributed by atoms with van der Waals surface area (Å²) >= 11 is 6.69. The highest BCUT2D eigenvalue weighted by Gasteiger charge is 1.99. The molecule has 1 aromatic rings. The predicted octanol–water partition coefficient (Wildman–Crippen LogP) is 1.42. The quantitative estimate of drug-likeness (QED) is 0.518. The minimum atomic E-state index is 0.339. The fraction of sp³-hybridized carbons (Fsp3) is 0.200. The van der Waals surface area contributed by atoms with Gasteiger partial charge in [-0.1, -0.05) is 11.3 Å². The van der Waals surface area contributed by atoms with Gasteiger partial charge in [0.15, 0.2) is 0 Å². The number of alkyl halides is 1. The fourth-order valence-corrected chi connectivity index (χ4v) is 1.31. The first-order valence-electron chi connectivity index (χ1n) is 2.47. The number of nitrogens with zero attached hydrogens (tertiary/aromatic N) is 1. The Labute approximate surface area is 66.6 Å². The molecule has 0 aliphatic carbocycles. The Morgan fingerprint density at radius 2 is 2.70 bits per heavy atom. The topological polar surface area (TPSA) is 39.2 Å². The fourth-order valence-electron chi connectivity index (χ4n) is 0.445. The van der Waals surface area contributed by atoms with Gasteiger partial charge in [-0.25, -0.2) is 4.98 Å². The van der Waals surface area contributed by atoms with E-state index in [4.69, 9.17) is 11.6 Å². The summed E-state index contributed by atoms with van der Waals surface area (Å²) in [6.45, 7) is 0.344. The lowest BCUT2D eigenvalue weighted by molar-refractivity contribution is -0.120. The molecule has 0 spiro atoms. The molecule has 1 aromatic heterocycles. The van der Waals surface area contributed by atoms with Crippen molar-refractivity contribution in [3.8, 4) is 5.19 Å². The lowest BCUT2D eigenvalue weighted by Gasteiger charge is -1.84. The molecule has 0 N–H and O–H groups in total. The summed E-state index contributed by atoms with van der Waals surface area (Å²) < 4.78 is 4.46. The van der Waals surface area contributed by atoms with Crippen LogP contribution < -0.4 is 4.74 Å². The standard InChI is InChI=1S/C5H4ClNO2S/c6-1-4-2-10-5(7-4)9-3-8/h2-3H,1H2. The van der Waals surface area contributed by atoms with Crippen LogP contribution in [0.3, 0.4) is 0 Å². The SMILES string of the molecule is O=COc1nc(CCl)cs1. The Kier molecular flexibility index (Phi) is 2.65. The first-order valence-corrected chi connectivity index (χ1v) is 3.89. The van der Waals surface area contributed by atoms with Gasteiger partial charge in [0.05, 0.1) is 11.6 Å². The lowest BCUT2D eigenvalue weighted by Crippen LogP contribution is -1.87. The zero-order valence-electron chi connectivity index (χ0n) is 4.91. The zero-order valence-corrected chi connectivity index (χ0v) is 6.48. The van der Waals surface area contributed by atoms with Crippen LogP contribution in [0.1, 0.15) is 5.69 Å². The Balaban J connectivity index is 2.67. The van der Waals surface area contributed by atoms with Crippen LogP contribution in [0.25, 0.3) is 0 Å². The maximum absolute atomic E-state index is 9.78. The number of carbonyl (C=O) groups is 1. The highest BCUT2D eigenvalue weighted by Crippen LogP contribution is 2.17. The number of hydrogen-bond donors (Lipinski definition) is 0. The largest absolute Gasteiger partial charge is 0.400 e. The highest BCUT2D eigenvalue weighted by atomic mass is 35.5. The average molecular weight is 178 g/mol. The van der Waals surface area contributed by atoms with Gasteiger partial charge >= 0.3 is 0 Å². The Morgan fingerprint density at radius 3 is 3.20 bits per heavy atom. The number of aromatic nitrogens is 1. The second-order valence-corrected chi connectivity index (χ2v) is 2.54. The monoisotopic (exact) mass is 177 g/mol. The molecule has 54 valence electrons. The molecule has 0 bridgehead atoms. The maximum Gasteiger partial charge on any atom is 0.300 e. The minimum absolute atomic E-state index is 0.339. The molecule has 0 saturated carbocycles. The van der Waals surface area contributed by atoms with E-state index in [1.54, 1.807) is 5.38 Å². The second-order valence-electron chi connectivity index (χ2n) is 1.45. The van der Waals surface area contributed by atoms with E-state index in [-0.39, 0.29) is 0 Å². The van der Waals surface area contributed by atoms with Crippen molar-refractivity contribution in [3.05, 3.63) is 11.1 Å². The number of ether oxygens (including phenoxy) is 1. The molecule has 0 radical (unpaired) electrons. The number of rotatable bonds is 3. The lowest BCUT2D eigenvalue weighted by atomic mass is 10.6. The van der Waals surface area contributed by atoms with Crippen molar-refractivity contribution in [1.29, 1.82) is 0 Å². The van der Waals surface area contributed by atoms with Gasteiger partial charge < -0.3 is 4.74 Å². The normalized spacial score (nSPS) is 9.30. The third kappa shape index (κ3) is 1.68. The summed E-state index contributed by atoms with van der Waals surface area (Å²) in [4.78, 5) is 13.6. The molecule has 0 amide bonds. The van der Waals surface area contributed by atoms with Crippen molar-refractivity contribution in [1.82, 2.24) is 4.98 Å². The van der Waals surface area contributed by atoms with E-state index in [1.807, 2.05) is 0 Å². The van der Waals surface area contributed by atoms with E-state index in [0.29, 0.717) is 17.5 Å². The van der Waals surface area contributed by atoms with Crippen LogP contribution in [0.2, 0.25) is 0 Å². The Morgan fingerprint density at radius 1 is 1.90 bits per heavy atom. The van der Waals surface area contributed by atoms with Gasteiger partial charge in [-0.3, -0.25) is 4.79 Å². The zero-order chi connectivity index (χ0) is 7.40. The summed E-state index contributed by atoms with van der Waals surface area (Å²) in [5.41, 5.74) is 0.725. The molecule has 0 fully saturated rings. The molecular weight excluding hydrogens is 174 g/mol. The summed E-state index contributed by atoms with van der Waals surface area (Å²) in [7, 11) is 0. The van der Waals surface area contributed by atoms with Crippen LogP contribution in [0, 0.1) is 0 Å². The molecule has 0 aliphatic rings. The van der Waals surface area contributed by atoms with Gasteiger partial charge in [-0.15, -0.1) is 11.6 Å². The van der Waals surface area contributed by atoms with Gasteiger partial charge in [0, 0.05) is 5.38 Å². The van der Waals surface area contributed by atoms with E-state index in [2.05, 4.69) is 9.72 Å². The molecule has 0 saturated heterocycles. The van der Waals surface area contributed by atoms with Crippen molar-refractivity contribution in [3.63, 3.8) is 0 Å². The molecule has 3 nitrogen and oxygen atoms in total. The first-order chi connectivity index (χ1) is 4.86. The van der Waals surface area contributed by atoms with Crippen LogP contribution in [-0.4, -0.2) is 11.5 Å². The number of thiazole rings is 1. The first kappa shape index (κ1) is 7.50. The molecule has 5 heteroatoms. The summed E-state index contributed by atoms with van der Waals surface area (Å²) in [6.07, 6.45) is 0. The molecule has 0 atom stereocenters. The van der Waals surface area contributed by atoms with Gasteiger partial charge in [0.2, 0.25) is 0 Å². The summed E-state index contributed by atoms with van der Waals surface area (Å²) in [5.74, 6) is 0.346. The van der Waals surface area contributed by atoms with Crippen molar-refractivity contribution >= 4 is 29.4 Å². The number of carbonyl (C=O) groups excluding carboxylic acids is 1. The van der Waals surface area contributed by atoms with Crippen molar-refractivity contribution in [2.45, 2.75) is 5.88 Å². The molecule has 10 heavy (non-hydrogen) atoms. The molecule has 0 aromatic carbocycles. The van der Waals surface area contributed by atoms with Gasteiger partial charge in [-0.05, 0) is 0 Å². The molecule has 0 aliphatic heterocycles. The van der Waals surface area contributed by atoms with Gasteiger partial charge in [0.25, 0.3) is 11.7 Å². The summed E-state index contributed by atoms with van der Waals surface area (Å²) in [6, 6.07) is 0. The predicted molar refractivity (Wildman–Crippen MR) is 38.4 cm³/mol. The number of halogens is 1. The molecular formula is C5H4ClNO2S.